The lowest BCUT2D eigenvalue weighted by Crippen LogP contribution is -2.46. The van der Waals surface area contributed by atoms with Crippen molar-refractivity contribution in [3.63, 3.8) is 0 Å². The summed E-state index contributed by atoms with van der Waals surface area (Å²) < 4.78 is 24.2. The Labute approximate surface area is 149 Å². The lowest BCUT2D eigenvalue weighted by Gasteiger charge is -2.27. The van der Waals surface area contributed by atoms with Gasteiger partial charge in [-0.2, -0.15) is 0 Å². The fraction of sp³-hybridized carbons (Fsp3) is 0.562. The first kappa shape index (κ1) is 20.3. The molecule has 0 aliphatic carbocycles. The van der Waals surface area contributed by atoms with Crippen molar-refractivity contribution in [2.24, 2.45) is 0 Å². The van der Waals surface area contributed by atoms with Crippen LogP contribution in [0.2, 0.25) is 0 Å². The van der Waals surface area contributed by atoms with Gasteiger partial charge in [-0.05, 0) is 56.6 Å². The van der Waals surface area contributed by atoms with Crippen LogP contribution < -0.4 is 5.32 Å². The van der Waals surface area contributed by atoms with Gasteiger partial charge in [0.25, 0.3) is 0 Å². The zero-order chi connectivity index (χ0) is 18.5. The molecule has 0 aromatic carbocycles. The van der Waals surface area contributed by atoms with Crippen LogP contribution in [0.25, 0.3) is 0 Å². The van der Waals surface area contributed by atoms with Gasteiger partial charge in [0.2, 0.25) is 0 Å². The topological polar surface area (TPSA) is 77.5 Å². The van der Waals surface area contributed by atoms with E-state index in [1.807, 2.05) is 0 Å². The van der Waals surface area contributed by atoms with Gasteiger partial charge in [-0.1, -0.05) is 0 Å². The first-order valence-electron chi connectivity index (χ1n) is 7.35. The maximum Gasteiger partial charge on any atom is 0.407 e. The molecule has 1 aromatic rings. The van der Waals surface area contributed by atoms with Crippen LogP contribution in [0, 0.1) is 5.82 Å². The van der Waals surface area contributed by atoms with E-state index in [9.17, 15) is 14.0 Å². The van der Waals surface area contributed by atoms with E-state index in [-0.39, 0.29) is 18.6 Å². The molecule has 0 atom stereocenters. The second kappa shape index (κ2) is 7.92. The van der Waals surface area contributed by atoms with E-state index >= 15 is 0 Å². The number of pyridine rings is 1. The predicted octanol–water partition coefficient (Wildman–Crippen LogP) is 3.72. The van der Waals surface area contributed by atoms with E-state index < -0.39 is 29.0 Å². The van der Waals surface area contributed by atoms with Gasteiger partial charge in [0, 0.05) is 11.1 Å². The van der Waals surface area contributed by atoms with Crippen LogP contribution in [0.5, 0.6) is 0 Å². The van der Waals surface area contributed by atoms with Gasteiger partial charge in [-0.15, -0.1) is 0 Å². The Morgan fingerprint density at radius 1 is 1.29 bits per heavy atom. The molecule has 0 fully saturated rings. The molecule has 0 spiro atoms. The highest BCUT2D eigenvalue weighted by Gasteiger charge is 2.28. The van der Waals surface area contributed by atoms with Crippen molar-refractivity contribution in [1.29, 1.82) is 0 Å². The Morgan fingerprint density at radius 2 is 1.92 bits per heavy atom. The summed E-state index contributed by atoms with van der Waals surface area (Å²) in [7, 11) is 0. The fourth-order valence-electron chi connectivity index (χ4n) is 1.80. The van der Waals surface area contributed by atoms with Crippen LogP contribution in [0.4, 0.5) is 9.18 Å². The Morgan fingerprint density at radius 3 is 2.50 bits per heavy atom. The summed E-state index contributed by atoms with van der Waals surface area (Å²) in [4.78, 5) is 27.4. The molecule has 0 aliphatic rings. The molecular formula is C16H22BrFN2O4. The highest BCUT2D eigenvalue weighted by Crippen LogP contribution is 2.16. The number of halogens is 2. The lowest BCUT2D eigenvalue weighted by molar-refractivity contribution is -0.156. The van der Waals surface area contributed by atoms with E-state index in [1.54, 1.807) is 34.6 Å². The zero-order valence-electron chi connectivity index (χ0n) is 14.4. The number of hydrogen-bond acceptors (Lipinski definition) is 5. The van der Waals surface area contributed by atoms with Gasteiger partial charge in [0.05, 0.1) is 12.6 Å². The number of hydrogen-bond donors (Lipinski definition) is 1. The largest absolute Gasteiger partial charge is 0.460 e. The Hall–Kier alpha value is -1.70. The van der Waals surface area contributed by atoms with E-state index in [4.69, 9.17) is 9.47 Å². The third-order valence-corrected chi connectivity index (χ3v) is 3.14. The number of esters is 1. The molecule has 8 heteroatoms. The fourth-order valence-corrected chi connectivity index (χ4v) is 2.18. The molecule has 0 saturated heterocycles. The molecule has 0 saturated carbocycles. The number of alkyl carbamates (subject to hydrolysis) is 1. The molecule has 0 aliphatic heterocycles. The number of carbonyl (C=O) groups excluding carboxylic acids is 2. The minimum atomic E-state index is -0.864. The molecule has 24 heavy (non-hydrogen) atoms. The molecule has 1 rings (SSSR count). The number of carbonyl (C=O) groups is 2. The summed E-state index contributed by atoms with van der Waals surface area (Å²) in [6, 6.07) is 1.43. The van der Waals surface area contributed by atoms with Crippen molar-refractivity contribution in [3.05, 3.63) is 28.2 Å². The first-order valence-corrected chi connectivity index (χ1v) is 8.14. The molecule has 0 unspecified atom stereocenters. The molecule has 1 heterocycles. The third-order valence-electron chi connectivity index (χ3n) is 2.71. The summed E-state index contributed by atoms with van der Waals surface area (Å²) in [5.41, 5.74) is -1.27. The average Bonchev–Trinajstić information content (AvgIpc) is 2.36. The minimum Gasteiger partial charge on any atom is -0.460 e. The first-order chi connectivity index (χ1) is 10.9. The Kier molecular flexibility index (Phi) is 6.71. The monoisotopic (exact) mass is 404 g/mol. The van der Waals surface area contributed by atoms with Crippen LogP contribution in [0.15, 0.2) is 16.9 Å². The van der Waals surface area contributed by atoms with Crippen molar-refractivity contribution >= 4 is 28.0 Å². The number of amides is 1. The van der Waals surface area contributed by atoms with Crippen molar-refractivity contribution in [2.45, 2.75) is 58.8 Å². The summed E-state index contributed by atoms with van der Waals surface area (Å²) >= 11 is 3.12. The molecular weight excluding hydrogens is 383 g/mol. The zero-order valence-corrected chi connectivity index (χ0v) is 16.0. The van der Waals surface area contributed by atoms with Gasteiger partial charge in [-0.25, -0.2) is 14.2 Å². The summed E-state index contributed by atoms with van der Waals surface area (Å²) in [6.45, 7) is 8.38. The van der Waals surface area contributed by atoms with Gasteiger partial charge >= 0.3 is 12.1 Å². The lowest BCUT2D eigenvalue weighted by atomic mass is 10.0. The quantitative estimate of drug-likeness (QED) is 0.597. The Balaban J connectivity index is 2.53. The molecule has 1 N–H and O–H groups in total. The van der Waals surface area contributed by atoms with Crippen LogP contribution in [0.1, 0.15) is 46.6 Å². The number of nitrogens with zero attached hydrogens (tertiary/aromatic N) is 1. The molecule has 1 aromatic heterocycles. The normalized spacial score (nSPS) is 11.8. The third kappa shape index (κ3) is 7.72. The number of ether oxygens (including phenoxy) is 2. The van der Waals surface area contributed by atoms with E-state index in [2.05, 4.69) is 26.2 Å². The summed E-state index contributed by atoms with van der Waals surface area (Å²) in [6.07, 6.45) is 0.262. The van der Waals surface area contributed by atoms with Gasteiger partial charge in [-0.3, -0.25) is 4.79 Å². The smallest absolute Gasteiger partial charge is 0.407 e. The van der Waals surface area contributed by atoms with Crippen molar-refractivity contribution in [3.8, 4) is 0 Å². The second-order valence-electron chi connectivity index (χ2n) is 6.95. The molecule has 6 nitrogen and oxygen atoms in total. The maximum absolute atomic E-state index is 13.5. The molecule has 1 amide bonds. The van der Waals surface area contributed by atoms with Crippen LogP contribution >= 0.6 is 15.9 Å². The van der Waals surface area contributed by atoms with Crippen molar-refractivity contribution in [2.75, 3.05) is 0 Å². The van der Waals surface area contributed by atoms with Gasteiger partial charge in [0.1, 0.15) is 22.6 Å². The number of rotatable bonds is 5. The Bertz CT molecular complexity index is 615. The highest BCUT2D eigenvalue weighted by atomic mass is 79.9. The van der Waals surface area contributed by atoms with Crippen LogP contribution in [-0.2, 0) is 20.9 Å². The standard InChI is InChI=1S/C16H22BrFN2O4/c1-15(2,3)24-13(21)7-16(4,5)20-14(22)23-9-10-6-12(17)19-8-11(10)18/h6,8H,7,9H2,1-5H3,(H,20,22). The van der Waals surface area contributed by atoms with Crippen LogP contribution in [0.3, 0.4) is 0 Å². The van der Waals surface area contributed by atoms with Gasteiger partial charge in [0.15, 0.2) is 0 Å². The summed E-state index contributed by atoms with van der Waals surface area (Å²) in [5, 5.41) is 2.57. The van der Waals surface area contributed by atoms with Crippen molar-refractivity contribution in [1.82, 2.24) is 10.3 Å². The highest BCUT2D eigenvalue weighted by molar-refractivity contribution is 9.10. The number of nitrogens with one attached hydrogen (secondary N) is 1. The summed E-state index contributed by atoms with van der Waals surface area (Å²) in [5.74, 6) is -1.00. The number of aromatic nitrogens is 1. The van der Waals surface area contributed by atoms with E-state index in [0.29, 0.717) is 4.60 Å². The van der Waals surface area contributed by atoms with E-state index in [0.717, 1.165) is 6.20 Å². The second-order valence-corrected chi connectivity index (χ2v) is 7.76. The predicted molar refractivity (Wildman–Crippen MR) is 89.8 cm³/mol. The molecule has 0 bridgehead atoms. The SMILES string of the molecule is CC(C)(CC(=O)OC(C)(C)C)NC(=O)OCc1cc(Br)ncc1F. The van der Waals surface area contributed by atoms with Crippen molar-refractivity contribution < 1.29 is 23.5 Å². The van der Waals surface area contributed by atoms with E-state index in [1.165, 1.54) is 6.07 Å². The maximum atomic E-state index is 13.5. The molecule has 134 valence electrons. The minimum absolute atomic E-state index is 0.0193. The average molecular weight is 405 g/mol. The molecule has 0 radical (unpaired) electrons. The van der Waals surface area contributed by atoms with Crippen LogP contribution in [-0.4, -0.2) is 28.2 Å². The van der Waals surface area contributed by atoms with Gasteiger partial charge < -0.3 is 14.8 Å².